The fourth-order valence-electron chi connectivity index (χ4n) is 2.48. The predicted octanol–water partition coefficient (Wildman–Crippen LogP) is 3.76. The van der Waals surface area contributed by atoms with Crippen molar-refractivity contribution < 1.29 is 0 Å². The number of benzene rings is 2. The maximum atomic E-state index is 2.44. The van der Waals surface area contributed by atoms with Crippen molar-refractivity contribution in [2.45, 2.75) is 6.42 Å². The molecule has 1 aliphatic heterocycles. The van der Waals surface area contributed by atoms with E-state index in [1.807, 2.05) is 6.07 Å². The molecule has 2 aromatic carbocycles. The predicted molar refractivity (Wildman–Crippen MR) is 77.8 cm³/mol. The number of rotatable bonds is 3. The summed E-state index contributed by atoms with van der Waals surface area (Å²) in [6, 6.07) is 19.2. The van der Waals surface area contributed by atoms with Crippen molar-refractivity contribution in [3.63, 3.8) is 0 Å². The van der Waals surface area contributed by atoms with Gasteiger partial charge in [-0.1, -0.05) is 60.7 Å². The van der Waals surface area contributed by atoms with Crippen molar-refractivity contribution in [2.24, 2.45) is 0 Å². The minimum atomic E-state index is 0.992. The Labute approximate surface area is 108 Å². The van der Waals surface area contributed by atoms with E-state index in [4.69, 9.17) is 0 Å². The van der Waals surface area contributed by atoms with E-state index in [2.05, 4.69) is 65.6 Å². The van der Waals surface area contributed by atoms with E-state index in [1.54, 1.807) is 0 Å². The maximum Gasteiger partial charge on any atom is 0.0402 e. The molecule has 0 saturated heterocycles. The molecule has 1 heteroatoms. The van der Waals surface area contributed by atoms with Gasteiger partial charge in [-0.15, -0.1) is 0 Å². The molecule has 2 aromatic rings. The van der Waals surface area contributed by atoms with Crippen LogP contribution in [0, 0.1) is 0 Å². The van der Waals surface area contributed by atoms with E-state index >= 15 is 0 Å². The molecule has 0 saturated carbocycles. The third kappa shape index (κ3) is 2.30. The molecule has 0 atom stereocenters. The summed E-state index contributed by atoms with van der Waals surface area (Å²) < 4.78 is 0. The molecular weight excluding hydrogens is 218 g/mol. The van der Waals surface area contributed by atoms with Gasteiger partial charge in [0.1, 0.15) is 0 Å². The van der Waals surface area contributed by atoms with Gasteiger partial charge in [-0.25, -0.2) is 0 Å². The van der Waals surface area contributed by atoms with Gasteiger partial charge in [-0.3, -0.25) is 0 Å². The van der Waals surface area contributed by atoms with Gasteiger partial charge in [0.2, 0.25) is 0 Å². The average Bonchev–Trinajstić information content (AvgIpc) is 2.84. The SMILES string of the molecule is C(=C\c1ccccc1)/CN1CCc2ccccc21. The lowest BCUT2D eigenvalue weighted by Gasteiger charge is -2.16. The summed E-state index contributed by atoms with van der Waals surface area (Å²) >= 11 is 0. The summed E-state index contributed by atoms with van der Waals surface area (Å²) in [4.78, 5) is 2.44. The van der Waals surface area contributed by atoms with Crippen LogP contribution in [0.4, 0.5) is 5.69 Å². The molecule has 0 spiro atoms. The van der Waals surface area contributed by atoms with Crippen molar-refractivity contribution in [1.82, 2.24) is 0 Å². The third-order valence-corrected chi connectivity index (χ3v) is 3.42. The molecule has 0 aliphatic carbocycles. The van der Waals surface area contributed by atoms with Crippen LogP contribution in [0.5, 0.6) is 0 Å². The second kappa shape index (κ2) is 5.09. The summed E-state index contributed by atoms with van der Waals surface area (Å²) in [7, 11) is 0. The number of nitrogens with zero attached hydrogens (tertiary/aromatic N) is 1. The van der Waals surface area contributed by atoms with Crippen molar-refractivity contribution in [1.29, 1.82) is 0 Å². The summed E-state index contributed by atoms with van der Waals surface area (Å²) in [5.41, 5.74) is 4.14. The molecule has 90 valence electrons. The van der Waals surface area contributed by atoms with Crippen LogP contribution in [-0.4, -0.2) is 13.1 Å². The molecule has 0 N–H and O–H groups in total. The van der Waals surface area contributed by atoms with Crippen molar-refractivity contribution in [3.8, 4) is 0 Å². The molecule has 18 heavy (non-hydrogen) atoms. The fourth-order valence-corrected chi connectivity index (χ4v) is 2.48. The number of hydrogen-bond donors (Lipinski definition) is 0. The summed E-state index contributed by atoms with van der Waals surface area (Å²) in [5.74, 6) is 0. The number of hydrogen-bond acceptors (Lipinski definition) is 1. The summed E-state index contributed by atoms with van der Waals surface area (Å²) in [5, 5.41) is 0. The van der Waals surface area contributed by atoms with Gasteiger partial charge >= 0.3 is 0 Å². The average molecular weight is 235 g/mol. The Hall–Kier alpha value is -2.02. The molecule has 0 bridgehead atoms. The van der Waals surface area contributed by atoms with E-state index < -0.39 is 0 Å². The summed E-state index contributed by atoms with van der Waals surface area (Å²) in [6.45, 7) is 2.13. The Morgan fingerprint density at radius 1 is 0.944 bits per heavy atom. The molecule has 0 aromatic heterocycles. The molecule has 0 fully saturated rings. The van der Waals surface area contributed by atoms with Crippen molar-refractivity contribution >= 4 is 11.8 Å². The van der Waals surface area contributed by atoms with Crippen molar-refractivity contribution in [3.05, 3.63) is 71.8 Å². The number of para-hydroxylation sites is 1. The topological polar surface area (TPSA) is 3.24 Å². The fraction of sp³-hybridized carbons (Fsp3) is 0.176. The van der Waals surface area contributed by atoms with Crippen LogP contribution in [0.25, 0.3) is 6.08 Å². The van der Waals surface area contributed by atoms with Gasteiger partial charge < -0.3 is 4.90 Å². The first-order valence-corrected chi connectivity index (χ1v) is 6.48. The molecule has 0 radical (unpaired) electrons. The standard InChI is InChI=1S/C17H17N/c1-2-7-15(8-3-1)9-6-13-18-14-12-16-10-4-5-11-17(16)18/h1-11H,12-14H2/b9-6+. The Morgan fingerprint density at radius 3 is 2.61 bits per heavy atom. The lowest BCUT2D eigenvalue weighted by molar-refractivity contribution is 0.905. The van der Waals surface area contributed by atoms with Gasteiger partial charge in [-0.05, 0) is 23.6 Å². The van der Waals surface area contributed by atoms with Gasteiger partial charge in [-0.2, -0.15) is 0 Å². The third-order valence-electron chi connectivity index (χ3n) is 3.42. The first-order chi connectivity index (χ1) is 8.93. The zero-order valence-corrected chi connectivity index (χ0v) is 10.4. The van der Waals surface area contributed by atoms with Crippen LogP contribution in [0.3, 0.4) is 0 Å². The van der Waals surface area contributed by atoms with Crippen molar-refractivity contribution in [2.75, 3.05) is 18.0 Å². The zero-order chi connectivity index (χ0) is 12.2. The monoisotopic (exact) mass is 235 g/mol. The lowest BCUT2D eigenvalue weighted by atomic mass is 10.2. The first-order valence-electron chi connectivity index (χ1n) is 6.48. The highest BCUT2D eigenvalue weighted by Crippen LogP contribution is 2.26. The molecule has 1 aliphatic rings. The highest BCUT2D eigenvalue weighted by atomic mass is 15.1. The highest BCUT2D eigenvalue weighted by Gasteiger charge is 2.16. The van der Waals surface area contributed by atoms with E-state index in [0.717, 1.165) is 13.1 Å². The number of fused-ring (bicyclic) bond motifs is 1. The normalized spacial score (nSPS) is 14.1. The van der Waals surface area contributed by atoms with Crippen LogP contribution < -0.4 is 4.90 Å². The second-order valence-electron chi connectivity index (χ2n) is 4.64. The van der Waals surface area contributed by atoms with E-state index in [9.17, 15) is 0 Å². The quantitative estimate of drug-likeness (QED) is 0.783. The smallest absolute Gasteiger partial charge is 0.0402 e. The highest BCUT2D eigenvalue weighted by molar-refractivity contribution is 5.59. The molecule has 1 heterocycles. The molecule has 0 unspecified atom stereocenters. The Morgan fingerprint density at radius 2 is 1.72 bits per heavy atom. The minimum Gasteiger partial charge on any atom is -0.367 e. The van der Waals surface area contributed by atoms with E-state index in [-0.39, 0.29) is 0 Å². The lowest BCUT2D eigenvalue weighted by Crippen LogP contribution is -2.19. The Kier molecular flexibility index (Phi) is 3.14. The largest absolute Gasteiger partial charge is 0.367 e. The minimum absolute atomic E-state index is 0.992. The van der Waals surface area contributed by atoms with Gasteiger partial charge in [0, 0.05) is 18.8 Å². The van der Waals surface area contributed by atoms with E-state index in [0.29, 0.717) is 0 Å². The van der Waals surface area contributed by atoms with Gasteiger partial charge in [0.05, 0.1) is 0 Å². The Bertz CT molecular complexity index is 543. The molecule has 1 nitrogen and oxygen atoms in total. The zero-order valence-electron chi connectivity index (χ0n) is 10.4. The van der Waals surface area contributed by atoms with Gasteiger partial charge in [0.25, 0.3) is 0 Å². The molecule has 0 amide bonds. The molecule has 3 rings (SSSR count). The Balaban J connectivity index is 1.67. The first kappa shape index (κ1) is 11.1. The van der Waals surface area contributed by atoms with Crippen LogP contribution in [-0.2, 0) is 6.42 Å². The summed E-state index contributed by atoms with van der Waals surface area (Å²) in [6.07, 6.45) is 5.62. The van der Waals surface area contributed by atoms with Crippen LogP contribution in [0.1, 0.15) is 11.1 Å². The van der Waals surface area contributed by atoms with Crippen LogP contribution >= 0.6 is 0 Å². The van der Waals surface area contributed by atoms with Gasteiger partial charge in [0.15, 0.2) is 0 Å². The maximum absolute atomic E-state index is 2.44. The second-order valence-corrected chi connectivity index (χ2v) is 4.64. The molecular formula is C17H17N. The van der Waals surface area contributed by atoms with E-state index in [1.165, 1.54) is 23.2 Å². The van der Waals surface area contributed by atoms with Crippen LogP contribution in [0.15, 0.2) is 60.7 Å². The number of anilines is 1. The van der Waals surface area contributed by atoms with Crippen LogP contribution in [0.2, 0.25) is 0 Å².